The maximum Gasteiger partial charge on any atom is 0.123 e. The fraction of sp³-hybridized carbons (Fsp3) is 0.250. The molecule has 0 unspecified atom stereocenters. The number of halogens is 1. The zero-order valence-electron chi connectivity index (χ0n) is 11.0. The smallest absolute Gasteiger partial charge is 0.123 e. The molecule has 0 aliphatic carbocycles. The summed E-state index contributed by atoms with van der Waals surface area (Å²) in [6.07, 6.45) is 0.963. The van der Waals surface area contributed by atoms with Crippen molar-refractivity contribution < 1.29 is 9.13 Å². The van der Waals surface area contributed by atoms with E-state index in [1.165, 1.54) is 30.3 Å². The van der Waals surface area contributed by atoms with E-state index in [1.807, 2.05) is 12.1 Å². The fourth-order valence-corrected chi connectivity index (χ4v) is 2.30. The van der Waals surface area contributed by atoms with E-state index >= 15 is 0 Å². The lowest BCUT2D eigenvalue weighted by molar-refractivity contribution is 0.111. The Morgan fingerprint density at radius 3 is 2.53 bits per heavy atom. The van der Waals surface area contributed by atoms with Gasteiger partial charge >= 0.3 is 0 Å². The highest BCUT2D eigenvalue weighted by molar-refractivity contribution is 5.68. The molecule has 3 heteroatoms. The highest BCUT2D eigenvalue weighted by Crippen LogP contribution is 2.29. The molecular formula is C16H18FNO. The van der Waals surface area contributed by atoms with Crippen molar-refractivity contribution in [3.05, 3.63) is 59.4 Å². The molecule has 2 N–H and O–H groups in total. The van der Waals surface area contributed by atoms with E-state index in [0.29, 0.717) is 6.61 Å². The molecule has 100 valence electrons. The van der Waals surface area contributed by atoms with Crippen LogP contribution in [-0.2, 0) is 17.8 Å². The van der Waals surface area contributed by atoms with Crippen LogP contribution in [0.4, 0.5) is 4.39 Å². The molecule has 1 aliphatic heterocycles. The van der Waals surface area contributed by atoms with Crippen molar-refractivity contribution in [2.24, 2.45) is 5.73 Å². The summed E-state index contributed by atoms with van der Waals surface area (Å²) in [6.45, 7) is 1.45. The molecule has 1 aliphatic rings. The first-order valence-electron chi connectivity index (χ1n) is 6.37. The lowest BCUT2D eigenvalue weighted by Gasteiger charge is -2.19. The summed E-state index contributed by atoms with van der Waals surface area (Å²) in [5.41, 5.74) is 9.29. The van der Waals surface area contributed by atoms with Crippen LogP contribution in [0.5, 0.6) is 0 Å². The Balaban J connectivity index is 0.000000637. The molecule has 2 aromatic carbocycles. The van der Waals surface area contributed by atoms with Crippen LogP contribution in [-0.4, -0.2) is 13.7 Å². The van der Waals surface area contributed by atoms with Crippen molar-refractivity contribution in [2.75, 3.05) is 13.7 Å². The van der Waals surface area contributed by atoms with Crippen molar-refractivity contribution in [2.45, 2.75) is 13.0 Å². The second-order valence-corrected chi connectivity index (χ2v) is 4.25. The second kappa shape index (κ2) is 6.45. The van der Waals surface area contributed by atoms with Crippen LogP contribution in [0.3, 0.4) is 0 Å². The van der Waals surface area contributed by atoms with E-state index in [2.05, 4.69) is 23.9 Å². The molecular weight excluding hydrogens is 241 g/mol. The highest BCUT2D eigenvalue weighted by atomic mass is 19.1. The van der Waals surface area contributed by atoms with Gasteiger partial charge in [0, 0.05) is 0 Å². The number of rotatable bonds is 1. The van der Waals surface area contributed by atoms with Gasteiger partial charge in [0.1, 0.15) is 5.82 Å². The van der Waals surface area contributed by atoms with Crippen molar-refractivity contribution >= 4 is 0 Å². The van der Waals surface area contributed by atoms with Crippen molar-refractivity contribution in [1.82, 2.24) is 0 Å². The minimum absolute atomic E-state index is 0.199. The van der Waals surface area contributed by atoms with Gasteiger partial charge in [0.2, 0.25) is 0 Å². The average Bonchev–Trinajstić information content (AvgIpc) is 2.50. The fourth-order valence-electron chi connectivity index (χ4n) is 2.30. The average molecular weight is 259 g/mol. The largest absolute Gasteiger partial charge is 0.376 e. The minimum atomic E-state index is -0.199. The Labute approximate surface area is 113 Å². The van der Waals surface area contributed by atoms with Crippen LogP contribution < -0.4 is 5.73 Å². The first-order valence-corrected chi connectivity index (χ1v) is 6.37. The third-order valence-electron chi connectivity index (χ3n) is 3.19. The van der Waals surface area contributed by atoms with Crippen LogP contribution in [0.15, 0.2) is 42.5 Å². The summed E-state index contributed by atoms with van der Waals surface area (Å²) in [4.78, 5) is 0. The van der Waals surface area contributed by atoms with E-state index in [-0.39, 0.29) is 5.82 Å². The highest BCUT2D eigenvalue weighted by Gasteiger charge is 2.13. The standard InChI is InChI=1S/C15H13FO.CH5N/c16-13-6-4-12(5-7-13)14-3-1-2-11-8-9-17-10-15(11)14;1-2/h1-7H,8-10H2;2H2,1H3. The van der Waals surface area contributed by atoms with Crippen LogP contribution in [0.2, 0.25) is 0 Å². The molecule has 0 aromatic heterocycles. The monoisotopic (exact) mass is 259 g/mol. The summed E-state index contributed by atoms with van der Waals surface area (Å²) in [7, 11) is 1.50. The minimum Gasteiger partial charge on any atom is -0.376 e. The number of hydrogen-bond acceptors (Lipinski definition) is 2. The Bertz CT molecular complexity index is 537. The molecule has 1 heterocycles. The van der Waals surface area contributed by atoms with Crippen LogP contribution in [0.25, 0.3) is 11.1 Å². The predicted octanol–water partition coefficient (Wildman–Crippen LogP) is 3.14. The normalized spacial score (nSPS) is 13.2. The number of hydrogen-bond donors (Lipinski definition) is 1. The third-order valence-corrected chi connectivity index (χ3v) is 3.19. The number of nitrogens with two attached hydrogens (primary N) is 1. The van der Waals surface area contributed by atoms with Crippen molar-refractivity contribution in [1.29, 1.82) is 0 Å². The van der Waals surface area contributed by atoms with Gasteiger partial charge in [-0.05, 0) is 47.9 Å². The predicted molar refractivity (Wildman–Crippen MR) is 75.3 cm³/mol. The molecule has 2 aromatic rings. The summed E-state index contributed by atoms with van der Waals surface area (Å²) in [6, 6.07) is 12.9. The number of fused-ring (bicyclic) bond motifs is 1. The van der Waals surface area contributed by atoms with Crippen LogP contribution in [0.1, 0.15) is 11.1 Å². The van der Waals surface area contributed by atoms with E-state index in [0.717, 1.165) is 24.2 Å². The SMILES string of the molecule is CN.Fc1ccc(-c2cccc3c2COCC3)cc1. The zero-order valence-corrected chi connectivity index (χ0v) is 11.0. The van der Waals surface area contributed by atoms with Gasteiger partial charge in [-0.25, -0.2) is 4.39 Å². The van der Waals surface area contributed by atoms with Crippen molar-refractivity contribution in [3.8, 4) is 11.1 Å². The Morgan fingerprint density at radius 2 is 1.79 bits per heavy atom. The molecule has 0 fully saturated rings. The Morgan fingerprint density at radius 1 is 1.05 bits per heavy atom. The first kappa shape index (κ1) is 13.7. The Kier molecular flexibility index (Phi) is 4.66. The molecule has 0 atom stereocenters. The van der Waals surface area contributed by atoms with Gasteiger partial charge in [-0.2, -0.15) is 0 Å². The summed E-state index contributed by atoms with van der Waals surface area (Å²) >= 11 is 0. The van der Waals surface area contributed by atoms with E-state index < -0.39 is 0 Å². The topological polar surface area (TPSA) is 35.2 Å². The van der Waals surface area contributed by atoms with Gasteiger partial charge in [0.25, 0.3) is 0 Å². The van der Waals surface area contributed by atoms with Gasteiger partial charge in [0.05, 0.1) is 13.2 Å². The van der Waals surface area contributed by atoms with E-state index in [4.69, 9.17) is 4.74 Å². The maximum absolute atomic E-state index is 12.9. The lowest BCUT2D eigenvalue weighted by Crippen LogP contribution is -2.10. The Hall–Kier alpha value is -1.71. The lowest BCUT2D eigenvalue weighted by atomic mass is 9.93. The summed E-state index contributed by atoms with van der Waals surface area (Å²) < 4.78 is 18.4. The molecule has 0 amide bonds. The van der Waals surface area contributed by atoms with Gasteiger partial charge in [0.15, 0.2) is 0 Å². The molecule has 0 saturated carbocycles. The first-order chi connectivity index (χ1) is 9.34. The van der Waals surface area contributed by atoms with Gasteiger partial charge in [-0.1, -0.05) is 30.3 Å². The van der Waals surface area contributed by atoms with Gasteiger partial charge in [-0.3, -0.25) is 0 Å². The molecule has 19 heavy (non-hydrogen) atoms. The van der Waals surface area contributed by atoms with Gasteiger partial charge in [-0.15, -0.1) is 0 Å². The van der Waals surface area contributed by atoms with E-state index in [9.17, 15) is 4.39 Å². The van der Waals surface area contributed by atoms with Crippen molar-refractivity contribution in [3.63, 3.8) is 0 Å². The van der Waals surface area contributed by atoms with Gasteiger partial charge < -0.3 is 10.5 Å². The number of benzene rings is 2. The third kappa shape index (κ3) is 3.00. The molecule has 2 nitrogen and oxygen atoms in total. The summed E-state index contributed by atoms with van der Waals surface area (Å²) in [5.74, 6) is -0.199. The van der Waals surface area contributed by atoms with E-state index in [1.54, 1.807) is 0 Å². The molecule has 0 saturated heterocycles. The summed E-state index contributed by atoms with van der Waals surface area (Å²) in [5, 5.41) is 0. The van der Waals surface area contributed by atoms with Crippen LogP contribution in [0, 0.1) is 5.82 Å². The second-order valence-electron chi connectivity index (χ2n) is 4.25. The zero-order chi connectivity index (χ0) is 13.7. The molecule has 0 bridgehead atoms. The maximum atomic E-state index is 12.9. The molecule has 0 radical (unpaired) electrons. The number of ether oxygens (including phenoxy) is 1. The molecule has 3 rings (SSSR count). The van der Waals surface area contributed by atoms with Crippen LogP contribution >= 0.6 is 0 Å². The quantitative estimate of drug-likeness (QED) is 0.854. The molecule has 0 spiro atoms.